The highest BCUT2D eigenvalue weighted by Crippen LogP contribution is 2.24. The highest BCUT2D eigenvalue weighted by Gasteiger charge is 2.38. The minimum absolute atomic E-state index is 0.0375. The van der Waals surface area contributed by atoms with Gasteiger partial charge in [-0.2, -0.15) is 0 Å². The van der Waals surface area contributed by atoms with Crippen LogP contribution in [0.25, 0.3) is 0 Å². The Morgan fingerprint density at radius 1 is 1.43 bits per heavy atom. The normalized spacial score (nSPS) is 31.6. The molecule has 2 heterocycles. The fourth-order valence-corrected chi connectivity index (χ4v) is 1.92. The molecule has 2 saturated heterocycles. The average molecular weight is 201 g/mol. The van der Waals surface area contributed by atoms with Gasteiger partial charge in [0.1, 0.15) is 0 Å². The SMILES string of the molecule is O=C(O)C1CNC2(CCOCC2)CO1. The topological polar surface area (TPSA) is 67.8 Å². The molecular weight excluding hydrogens is 186 g/mol. The van der Waals surface area contributed by atoms with Crippen LogP contribution in [0.2, 0.25) is 0 Å². The van der Waals surface area contributed by atoms with Crippen molar-refractivity contribution in [2.75, 3.05) is 26.4 Å². The van der Waals surface area contributed by atoms with E-state index in [2.05, 4.69) is 5.32 Å². The Bertz CT molecular complexity index is 215. The minimum Gasteiger partial charge on any atom is -0.479 e. The Labute approximate surface area is 82.4 Å². The van der Waals surface area contributed by atoms with Crippen molar-refractivity contribution >= 4 is 5.97 Å². The van der Waals surface area contributed by atoms with Gasteiger partial charge in [-0.15, -0.1) is 0 Å². The van der Waals surface area contributed by atoms with Crippen LogP contribution in [-0.2, 0) is 14.3 Å². The van der Waals surface area contributed by atoms with Crippen molar-refractivity contribution in [3.8, 4) is 0 Å². The highest BCUT2D eigenvalue weighted by atomic mass is 16.5. The van der Waals surface area contributed by atoms with Gasteiger partial charge in [0.2, 0.25) is 0 Å². The Morgan fingerprint density at radius 2 is 2.14 bits per heavy atom. The summed E-state index contributed by atoms with van der Waals surface area (Å²) in [6.45, 7) is 2.34. The molecule has 0 aromatic heterocycles. The summed E-state index contributed by atoms with van der Waals surface area (Å²) in [7, 11) is 0. The number of ether oxygens (including phenoxy) is 2. The summed E-state index contributed by atoms with van der Waals surface area (Å²) in [5.41, 5.74) is -0.0375. The second-order valence-corrected chi connectivity index (χ2v) is 3.91. The number of carbonyl (C=O) groups is 1. The van der Waals surface area contributed by atoms with Gasteiger partial charge in [-0.25, -0.2) is 4.79 Å². The average Bonchev–Trinajstić information content (AvgIpc) is 2.19. The van der Waals surface area contributed by atoms with Crippen molar-refractivity contribution in [1.29, 1.82) is 0 Å². The number of aliphatic carboxylic acids is 1. The van der Waals surface area contributed by atoms with Crippen LogP contribution >= 0.6 is 0 Å². The Kier molecular flexibility index (Phi) is 2.71. The maximum Gasteiger partial charge on any atom is 0.334 e. The number of hydrogen-bond donors (Lipinski definition) is 2. The molecule has 1 atom stereocenters. The van der Waals surface area contributed by atoms with E-state index < -0.39 is 12.1 Å². The molecule has 80 valence electrons. The summed E-state index contributed by atoms with van der Waals surface area (Å²) in [5, 5.41) is 12.0. The van der Waals surface area contributed by atoms with Gasteiger partial charge in [0, 0.05) is 25.3 Å². The van der Waals surface area contributed by atoms with Crippen molar-refractivity contribution in [2.24, 2.45) is 0 Å². The fourth-order valence-electron chi connectivity index (χ4n) is 1.92. The first kappa shape index (κ1) is 9.89. The van der Waals surface area contributed by atoms with Crippen molar-refractivity contribution < 1.29 is 19.4 Å². The van der Waals surface area contributed by atoms with Gasteiger partial charge in [0.15, 0.2) is 6.10 Å². The van der Waals surface area contributed by atoms with Gasteiger partial charge in [-0.05, 0) is 12.8 Å². The molecule has 1 unspecified atom stereocenters. The molecule has 5 nitrogen and oxygen atoms in total. The lowest BCUT2D eigenvalue weighted by Gasteiger charge is -2.42. The number of carboxylic acids is 1. The summed E-state index contributed by atoms with van der Waals surface area (Å²) >= 11 is 0. The van der Waals surface area contributed by atoms with Gasteiger partial charge < -0.3 is 19.9 Å². The minimum atomic E-state index is -0.889. The zero-order valence-electron chi connectivity index (χ0n) is 7.99. The van der Waals surface area contributed by atoms with E-state index in [1.165, 1.54) is 0 Å². The third kappa shape index (κ3) is 1.89. The van der Waals surface area contributed by atoms with Gasteiger partial charge in [0.25, 0.3) is 0 Å². The molecule has 2 aliphatic rings. The van der Waals surface area contributed by atoms with Gasteiger partial charge in [0.05, 0.1) is 6.61 Å². The second kappa shape index (κ2) is 3.84. The molecule has 2 N–H and O–H groups in total. The Morgan fingerprint density at radius 3 is 2.64 bits per heavy atom. The van der Waals surface area contributed by atoms with Crippen molar-refractivity contribution in [3.05, 3.63) is 0 Å². The zero-order chi connectivity index (χ0) is 10.0. The first-order valence-corrected chi connectivity index (χ1v) is 4.89. The van der Waals surface area contributed by atoms with Crippen LogP contribution < -0.4 is 5.32 Å². The maximum atomic E-state index is 10.6. The van der Waals surface area contributed by atoms with E-state index in [9.17, 15) is 4.79 Å². The number of carboxylic acid groups (broad SMARTS) is 1. The molecule has 14 heavy (non-hydrogen) atoms. The first-order chi connectivity index (χ1) is 6.72. The van der Waals surface area contributed by atoms with Crippen molar-refractivity contribution in [2.45, 2.75) is 24.5 Å². The van der Waals surface area contributed by atoms with Crippen molar-refractivity contribution in [1.82, 2.24) is 5.32 Å². The molecular formula is C9H15NO4. The zero-order valence-corrected chi connectivity index (χ0v) is 7.99. The van der Waals surface area contributed by atoms with E-state index >= 15 is 0 Å². The largest absolute Gasteiger partial charge is 0.479 e. The number of hydrogen-bond acceptors (Lipinski definition) is 4. The quantitative estimate of drug-likeness (QED) is 0.604. The van der Waals surface area contributed by atoms with Crippen LogP contribution in [0.4, 0.5) is 0 Å². The van der Waals surface area contributed by atoms with E-state index in [4.69, 9.17) is 14.6 Å². The Hall–Kier alpha value is -0.650. The third-order valence-electron chi connectivity index (χ3n) is 2.95. The highest BCUT2D eigenvalue weighted by molar-refractivity contribution is 5.72. The molecule has 0 aromatic carbocycles. The summed E-state index contributed by atoms with van der Waals surface area (Å²) in [4.78, 5) is 10.6. The van der Waals surface area contributed by atoms with Gasteiger partial charge >= 0.3 is 5.97 Å². The number of nitrogens with one attached hydrogen (secondary N) is 1. The fraction of sp³-hybridized carbons (Fsp3) is 0.889. The molecule has 0 aliphatic carbocycles. The standard InChI is InChI=1S/C9H15NO4/c11-8(12)7-5-10-9(6-14-7)1-3-13-4-2-9/h7,10H,1-6H2,(H,11,12). The van der Waals surface area contributed by atoms with E-state index in [0.29, 0.717) is 13.2 Å². The summed E-state index contributed by atoms with van der Waals surface area (Å²) < 4.78 is 10.6. The molecule has 0 aromatic rings. The van der Waals surface area contributed by atoms with Gasteiger partial charge in [-0.3, -0.25) is 0 Å². The lowest BCUT2D eigenvalue weighted by molar-refractivity contribution is -0.157. The molecule has 0 radical (unpaired) electrons. The summed E-state index contributed by atoms with van der Waals surface area (Å²) in [6.07, 6.45) is 1.11. The number of morpholine rings is 1. The molecule has 0 amide bonds. The lowest BCUT2D eigenvalue weighted by Crippen LogP contribution is -2.60. The molecule has 0 saturated carbocycles. The molecule has 1 spiro atoms. The third-order valence-corrected chi connectivity index (χ3v) is 2.95. The monoisotopic (exact) mass is 201 g/mol. The molecule has 2 rings (SSSR count). The van der Waals surface area contributed by atoms with Crippen LogP contribution in [0.15, 0.2) is 0 Å². The predicted octanol–water partition coefficient (Wildman–Crippen LogP) is -0.391. The second-order valence-electron chi connectivity index (χ2n) is 3.91. The van der Waals surface area contributed by atoms with Crippen LogP contribution in [0.1, 0.15) is 12.8 Å². The van der Waals surface area contributed by atoms with E-state index in [0.717, 1.165) is 26.1 Å². The Balaban J connectivity index is 1.90. The molecule has 5 heteroatoms. The van der Waals surface area contributed by atoms with Crippen molar-refractivity contribution in [3.63, 3.8) is 0 Å². The van der Waals surface area contributed by atoms with Gasteiger partial charge in [-0.1, -0.05) is 0 Å². The van der Waals surface area contributed by atoms with E-state index in [-0.39, 0.29) is 5.54 Å². The lowest BCUT2D eigenvalue weighted by atomic mass is 9.89. The van der Waals surface area contributed by atoms with Crippen LogP contribution in [-0.4, -0.2) is 49.1 Å². The van der Waals surface area contributed by atoms with Crippen LogP contribution in [0.3, 0.4) is 0 Å². The van der Waals surface area contributed by atoms with E-state index in [1.54, 1.807) is 0 Å². The maximum absolute atomic E-state index is 10.6. The smallest absolute Gasteiger partial charge is 0.334 e. The van der Waals surface area contributed by atoms with Crippen LogP contribution in [0, 0.1) is 0 Å². The summed E-state index contributed by atoms with van der Waals surface area (Å²) in [6, 6.07) is 0. The number of rotatable bonds is 1. The first-order valence-electron chi connectivity index (χ1n) is 4.89. The predicted molar refractivity (Wildman–Crippen MR) is 48.2 cm³/mol. The van der Waals surface area contributed by atoms with Crippen LogP contribution in [0.5, 0.6) is 0 Å². The molecule has 2 aliphatic heterocycles. The summed E-state index contributed by atoms with van der Waals surface area (Å²) in [5.74, 6) is -0.889. The molecule has 0 bridgehead atoms. The molecule has 2 fully saturated rings. The van der Waals surface area contributed by atoms with E-state index in [1.807, 2.05) is 0 Å².